The van der Waals surface area contributed by atoms with Gasteiger partial charge in [0.2, 0.25) is 0 Å². The molecular formula is C13H20N2O3. The molecular weight excluding hydrogens is 232 g/mol. The number of aromatic nitrogens is 1. The highest BCUT2D eigenvalue weighted by molar-refractivity contribution is 5.95. The minimum absolute atomic E-state index is 0.156. The lowest BCUT2D eigenvalue weighted by molar-refractivity contribution is -0.140. The van der Waals surface area contributed by atoms with Crippen LogP contribution in [0, 0.1) is 5.92 Å². The van der Waals surface area contributed by atoms with Crippen LogP contribution < -0.4 is 5.32 Å². The minimum atomic E-state index is -1.01. The number of nitrogens with zero attached hydrogens (tertiary/aromatic N) is 1. The molecule has 0 aliphatic heterocycles. The van der Waals surface area contributed by atoms with Crippen molar-refractivity contribution < 1.29 is 14.7 Å². The Morgan fingerprint density at radius 3 is 2.33 bits per heavy atom. The smallest absolute Gasteiger partial charge is 0.326 e. The third-order valence-electron chi connectivity index (χ3n) is 2.79. The Balaban J connectivity index is 2.87. The van der Waals surface area contributed by atoms with E-state index in [-0.39, 0.29) is 17.9 Å². The van der Waals surface area contributed by atoms with Gasteiger partial charge in [-0.05, 0) is 31.9 Å². The predicted molar refractivity (Wildman–Crippen MR) is 68.5 cm³/mol. The van der Waals surface area contributed by atoms with Crippen molar-refractivity contribution in [2.24, 2.45) is 5.92 Å². The summed E-state index contributed by atoms with van der Waals surface area (Å²) in [5.41, 5.74) is 0.483. The number of aliphatic carboxylic acids is 1. The largest absolute Gasteiger partial charge is 0.480 e. The zero-order valence-corrected chi connectivity index (χ0v) is 11.2. The van der Waals surface area contributed by atoms with Gasteiger partial charge in [0, 0.05) is 12.2 Å². The molecule has 0 spiro atoms. The topological polar surface area (TPSA) is 71.3 Å². The first-order chi connectivity index (χ1) is 8.34. The first kappa shape index (κ1) is 14.3. The summed E-state index contributed by atoms with van der Waals surface area (Å²) in [7, 11) is 0. The Kier molecular flexibility index (Phi) is 4.53. The molecule has 0 saturated carbocycles. The number of carbonyl (C=O) groups excluding carboxylic acids is 1. The molecule has 0 aliphatic rings. The average molecular weight is 252 g/mol. The van der Waals surface area contributed by atoms with Crippen molar-refractivity contribution in [2.75, 3.05) is 0 Å². The van der Waals surface area contributed by atoms with E-state index >= 15 is 0 Å². The number of hydrogen-bond acceptors (Lipinski definition) is 2. The Morgan fingerprint density at radius 1 is 1.28 bits per heavy atom. The van der Waals surface area contributed by atoms with E-state index in [2.05, 4.69) is 5.32 Å². The summed E-state index contributed by atoms with van der Waals surface area (Å²) in [6, 6.07) is 2.75. The second-order valence-corrected chi connectivity index (χ2v) is 4.93. The summed E-state index contributed by atoms with van der Waals surface area (Å²) in [6.07, 6.45) is 1.81. The molecule has 0 saturated heterocycles. The molecule has 1 amide bonds. The lowest BCUT2D eigenvalue weighted by Gasteiger charge is -2.19. The van der Waals surface area contributed by atoms with Crippen LogP contribution in [0.15, 0.2) is 18.3 Å². The summed E-state index contributed by atoms with van der Waals surface area (Å²) < 4.78 is 1.81. The van der Waals surface area contributed by atoms with Crippen LogP contribution in [0.2, 0.25) is 0 Å². The van der Waals surface area contributed by atoms with Gasteiger partial charge in [-0.3, -0.25) is 4.79 Å². The third kappa shape index (κ3) is 3.12. The molecule has 18 heavy (non-hydrogen) atoms. The fraction of sp³-hybridized carbons (Fsp3) is 0.538. The summed E-state index contributed by atoms with van der Waals surface area (Å²) in [5.74, 6) is -1.52. The second kappa shape index (κ2) is 5.71. The quantitative estimate of drug-likeness (QED) is 0.840. The molecule has 1 atom stereocenters. The van der Waals surface area contributed by atoms with E-state index < -0.39 is 12.0 Å². The Bertz CT molecular complexity index is 435. The van der Waals surface area contributed by atoms with E-state index in [9.17, 15) is 9.59 Å². The Labute approximate surface area is 107 Å². The molecule has 1 rings (SSSR count). The monoisotopic (exact) mass is 252 g/mol. The molecule has 1 aromatic rings. The molecule has 5 heteroatoms. The Morgan fingerprint density at radius 2 is 1.89 bits per heavy atom. The fourth-order valence-electron chi connectivity index (χ4n) is 1.77. The molecule has 0 fully saturated rings. The van der Waals surface area contributed by atoms with Crippen molar-refractivity contribution in [1.29, 1.82) is 0 Å². The predicted octanol–water partition coefficient (Wildman–Crippen LogP) is 1.91. The summed E-state index contributed by atoms with van der Waals surface area (Å²) in [6.45, 7) is 7.46. The standard InChI is InChI=1S/C13H20N2O3/c1-8(2)11(13(17)18)14-12(16)10-6-5-7-15(10)9(3)4/h5-9,11H,1-4H3,(H,14,16)(H,17,18)/t11-/m1/s1. The van der Waals surface area contributed by atoms with E-state index in [1.54, 1.807) is 26.0 Å². The van der Waals surface area contributed by atoms with Gasteiger partial charge in [0.05, 0.1) is 0 Å². The molecule has 0 radical (unpaired) electrons. The second-order valence-electron chi connectivity index (χ2n) is 4.93. The summed E-state index contributed by atoms with van der Waals surface area (Å²) >= 11 is 0. The van der Waals surface area contributed by atoms with Gasteiger partial charge in [-0.15, -0.1) is 0 Å². The first-order valence-electron chi connectivity index (χ1n) is 6.05. The van der Waals surface area contributed by atoms with Crippen LogP contribution in [-0.2, 0) is 4.79 Å². The number of nitrogens with one attached hydrogen (secondary N) is 1. The molecule has 0 unspecified atom stereocenters. The van der Waals surface area contributed by atoms with Crippen molar-refractivity contribution in [3.63, 3.8) is 0 Å². The molecule has 1 heterocycles. The highest BCUT2D eigenvalue weighted by Gasteiger charge is 2.25. The normalized spacial score (nSPS) is 12.8. The zero-order chi connectivity index (χ0) is 13.9. The summed E-state index contributed by atoms with van der Waals surface area (Å²) in [4.78, 5) is 23.1. The molecule has 2 N–H and O–H groups in total. The Hall–Kier alpha value is -1.78. The van der Waals surface area contributed by atoms with Crippen molar-refractivity contribution >= 4 is 11.9 Å². The number of rotatable bonds is 5. The maximum Gasteiger partial charge on any atom is 0.326 e. The van der Waals surface area contributed by atoms with Gasteiger partial charge in [0.15, 0.2) is 0 Å². The first-order valence-corrected chi connectivity index (χ1v) is 6.05. The molecule has 0 aliphatic carbocycles. The number of carboxylic acids is 1. The highest BCUT2D eigenvalue weighted by Crippen LogP contribution is 2.11. The van der Waals surface area contributed by atoms with Crippen LogP contribution in [0.25, 0.3) is 0 Å². The SMILES string of the molecule is CC(C)[C@@H](NC(=O)c1cccn1C(C)C)C(=O)O. The molecule has 0 aromatic carbocycles. The maximum absolute atomic E-state index is 12.1. The van der Waals surface area contributed by atoms with Crippen molar-refractivity contribution in [3.8, 4) is 0 Å². The number of carboxylic acid groups (broad SMARTS) is 1. The highest BCUT2D eigenvalue weighted by atomic mass is 16.4. The van der Waals surface area contributed by atoms with Crippen molar-refractivity contribution in [1.82, 2.24) is 9.88 Å². The van der Waals surface area contributed by atoms with E-state index in [0.717, 1.165) is 0 Å². The van der Waals surface area contributed by atoms with Gasteiger partial charge in [-0.1, -0.05) is 13.8 Å². The van der Waals surface area contributed by atoms with Crippen LogP contribution in [0.3, 0.4) is 0 Å². The van der Waals surface area contributed by atoms with E-state index in [1.165, 1.54) is 0 Å². The van der Waals surface area contributed by atoms with Crippen LogP contribution in [-0.4, -0.2) is 27.6 Å². The van der Waals surface area contributed by atoms with Crippen molar-refractivity contribution in [3.05, 3.63) is 24.0 Å². The molecule has 5 nitrogen and oxygen atoms in total. The van der Waals surface area contributed by atoms with Crippen LogP contribution >= 0.6 is 0 Å². The summed E-state index contributed by atoms with van der Waals surface area (Å²) in [5, 5.41) is 11.6. The minimum Gasteiger partial charge on any atom is -0.480 e. The van der Waals surface area contributed by atoms with E-state index in [1.807, 2.05) is 24.6 Å². The lowest BCUT2D eigenvalue weighted by Crippen LogP contribution is -2.44. The molecule has 100 valence electrons. The van der Waals surface area contributed by atoms with Crippen molar-refractivity contribution in [2.45, 2.75) is 39.8 Å². The van der Waals surface area contributed by atoms with Gasteiger partial charge in [0.25, 0.3) is 5.91 Å². The molecule has 0 bridgehead atoms. The van der Waals surface area contributed by atoms with E-state index in [4.69, 9.17) is 5.11 Å². The zero-order valence-electron chi connectivity index (χ0n) is 11.2. The fourth-order valence-corrected chi connectivity index (χ4v) is 1.77. The number of amides is 1. The lowest BCUT2D eigenvalue weighted by atomic mass is 10.0. The number of hydrogen-bond donors (Lipinski definition) is 2. The van der Waals surface area contributed by atoms with E-state index in [0.29, 0.717) is 5.69 Å². The van der Waals surface area contributed by atoms with Crippen LogP contribution in [0.5, 0.6) is 0 Å². The average Bonchev–Trinajstić information content (AvgIpc) is 2.73. The van der Waals surface area contributed by atoms with Gasteiger partial charge < -0.3 is 15.0 Å². The number of carbonyl (C=O) groups is 2. The van der Waals surface area contributed by atoms with Gasteiger partial charge in [-0.25, -0.2) is 4.79 Å². The van der Waals surface area contributed by atoms with Gasteiger partial charge in [0.1, 0.15) is 11.7 Å². The maximum atomic E-state index is 12.1. The van der Waals surface area contributed by atoms with Crippen LogP contribution in [0.4, 0.5) is 0 Å². The third-order valence-corrected chi connectivity index (χ3v) is 2.79. The van der Waals surface area contributed by atoms with Gasteiger partial charge in [-0.2, -0.15) is 0 Å². The van der Waals surface area contributed by atoms with Crippen LogP contribution in [0.1, 0.15) is 44.2 Å². The van der Waals surface area contributed by atoms with Gasteiger partial charge >= 0.3 is 5.97 Å². The molecule has 1 aromatic heterocycles.